The fourth-order valence-corrected chi connectivity index (χ4v) is 10.00. The molecule has 2 radical (unpaired) electrons. The van der Waals surface area contributed by atoms with E-state index in [2.05, 4.69) is 155 Å². The number of thioether (sulfide) groups is 1. The Morgan fingerprint density at radius 2 is 0.817 bits per heavy atom. The second-order valence-corrected chi connectivity index (χ2v) is 39.0. The number of carboxylic acid groups (broad SMARTS) is 1. The van der Waals surface area contributed by atoms with Crippen LogP contribution in [0.5, 0.6) is 0 Å². The number of thiol groups is 1. The van der Waals surface area contributed by atoms with Gasteiger partial charge in [0, 0.05) is 121 Å². The quantitative estimate of drug-likeness (QED) is 0.00549. The zero-order valence-electron chi connectivity index (χ0n) is 83.2. The van der Waals surface area contributed by atoms with Crippen molar-refractivity contribution in [1.82, 2.24) is 73.6 Å². The minimum atomic E-state index is -1.15. The standard InChI is InChI=1S/C18H35N5O5.C17H32N4O5S.C17H33N3O3S.C13H27N4O2.C12H25N4O2.2C4H9.2Y/c1-12(22-27)17(3,4)19-10-14(11-20-18(5,6)13(2)23-28)21-15(24)8-7-9-16(25)26;1-11(23)18-10-27-9-13(15(25)17(2,3)4)20-16(26)12(8-22)19-14(24)7-21(5)6;1-16(2,3)13(19-12(21)9-20(7)8)15(23)18-11(10-24)14(22)17(4,5)6;1-10(16-18)12(3,4)14-8-7-9-15-13(5,6)11(2)17-19;1-10(16-18)12(4,5)14-8-6-7-13-11(2,3)9-15-17;2*1-4(2)3;;/h14,19-20,27-28H,7-11H2,1-6H3,(H,21,24)(H,25,26);12-13,22H,7-10H2,1-6H3,(H,18,23)(H,19,24)(H,20,26);11,13,24H,9-10H2,1-8H3,(H,18,23)(H,19,21);7,14-15,18-19H,8-9H2,1-6H3;13-14,17-18H,6-8H2,1-5H3;2*4H,1H2,2-3H3;;/q;;;4*-1;;/b22-12+,23-13+;;;16-10+,17-11+;16-10+;;;;/t;12-,13-;;;;;;;/m.0......./s1. The van der Waals surface area contributed by atoms with Gasteiger partial charge in [0.15, 0.2) is 11.6 Å². The number of ketones is 2. The molecule has 0 rings (SSSR count). The Hall–Kier alpha value is -5.00. The Labute approximate surface area is 816 Å². The van der Waals surface area contributed by atoms with Gasteiger partial charge in [0.2, 0.25) is 35.4 Å². The normalized spacial score (nSPS) is 13.9. The number of carbonyl (C=O) groups excluding carboxylic acids is 8. The summed E-state index contributed by atoms with van der Waals surface area (Å²) in [6.07, 6.45) is 5.81. The fraction of sp³-hybridized carbons (Fsp3) is 0.788. The van der Waals surface area contributed by atoms with Gasteiger partial charge in [0.1, 0.15) is 12.1 Å². The average Bonchev–Trinajstić information content (AvgIpc) is 0.831. The van der Waals surface area contributed by atoms with Crippen LogP contribution in [-0.4, -0.2) is 307 Å². The third-order valence-corrected chi connectivity index (χ3v) is 19.3. The molecule has 0 saturated carbocycles. The van der Waals surface area contributed by atoms with Gasteiger partial charge in [-0.15, -0.1) is 24.9 Å². The summed E-state index contributed by atoms with van der Waals surface area (Å²) in [4.78, 5) is 111. The van der Waals surface area contributed by atoms with Gasteiger partial charge in [-0.25, -0.2) is 0 Å². The van der Waals surface area contributed by atoms with Crippen LogP contribution in [0.15, 0.2) is 30.9 Å². The number of rotatable bonds is 47. The Morgan fingerprint density at radius 3 is 1.14 bits per heavy atom. The van der Waals surface area contributed by atoms with Crippen LogP contribution in [-0.2, 0) is 109 Å². The molecule has 0 aromatic heterocycles. The summed E-state index contributed by atoms with van der Waals surface area (Å²) in [5, 5.41) is 125. The number of hydrogen-bond acceptors (Lipinski definition) is 32. The SMILES string of the molecule is C/C(=N\O)C(C)(C)NCC(CNC(C)(C)/C(C)=N/O)NC(=O)CCCC(=O)O.C/C(=N\O)C(C)(C)NCCCNC(C)(C)[C-]=NO.C/C(=N\O)C(C)(C)NC[CH-]CNC(C)(C)/C(C)=N/O.CC(=O)NCSC[C@H](NC(=O)[C@H](CO)NC(=O)CN(C)C)C(=O)C(C)(C)C.CN(C)CC(=O)NC(C(=O)NC(CS)C(=O)C(C)(C)C)C(C)(C)C.[CH2-]C(C)C.[CH2-]C(C)C.[Y].[Y]. The summed E-state index contributed by atoms with van der Waals surface area (Å²) in [6, 6.07) is -3.70. The van der Waals surface area contributed by atoms with Gasteiger partial charge in [-0.05, 0) is 163 Å². The minimum Gasteiger partial charge on any atom is -0.481 e. The molecule has 20 N–H and O–H groups in total. The van der Waals surface area contributed by atoms with E-state index in [1.165, 1.54) is 18.7 Å². The molecule has 0 fully saturated rings. The van der Waals surface area contributed by atoms with Crippen molar-refractivity contribution in [3.63, 3.8) is 0 Å². The summed E-state index contributed by atoms with van der Waals surface area (Å²) in [6.45, 7) is 68.1. The number of likely N-dealkylation sites (N-methyl/N-ethyl adjacent to an activating group) is 2. The van der Waals surface area contributed by atoms with E-state index < -0.39 is 81.4 Å². The third kappa shape index (κ3) is 73.6. The molecule has 0 heterocycles. The van der Waals surface area contributed by atoms with Crippen molar-refractivity contribution in [3.05, 3.63) is 20.3 Å². The predicted molar refractivity (Wildman–Crippen MR) is 504 cm³/mol. The number of hydrogen-bond donors (Lipinski definition) is 21. The number of carboxylic acids is 1. The van der Waals surface area contributed by atoms with E-state index in [9.17, 15) is 48.3 Å². The van der Waals surface area contributed by atoms with E-state index in [1.54, 1.807) is 114 Å². The molecule has 0 aliphatic carbocycles. The number of oxime groups is 5. The first-order chi connectivity index (χ1) is 56.3. The number of nitrogens with one attached hydrogen (secondary N) is 12. The molecule has 2 unspecified atom stereocenters. The van der Waals surface area contributed by atoms with E-state index in [0.29, 0.717) is 72.5 Å². The second kappa shape index (κ2) is 70.7. The van der Waals surface area contributed by atoms with Crippen molar-refractivity contribution in [2.24, 2.45) is 59.0 Å². The molecule has 6 amide bonds. The summed E-state index contributed by atoms with van der Waals surface area (Å²) in [5.74, 6) is -1.33. The largest absolute Gasteiger partial charge is 0.481 e. The molecule has 0 aromatic rings. The van der Waals surface area contributed by atoms with Crippen LogP contribution < -0.4 is 63.8 Å². The Kier molecular flexibility index (Phi) is 78.0. The van der Waals surface area contributed by atoms with E-state index in [1.807, 2.05) is 110 Å². The summed E-state index contributed by atoms with van der Waals surface area (Å²) in [5.41, 5.74) is -1.45. The van der Waals surface area contributed by atoms with Gasteiger partial charge in [0.25, 0.3) is 0 Å². The van der Waals surface area contributed by atoms with E-state index in [0.717, 1.165) is 19.5 Å². The molecule has 0 aliphatic heterocycles. The average molecular weight is 1990 g/mol. The zero-order valence-corrected chi connectivity index (χ0v) is 90.6. The van der Waals surface area contributed by atoms with Crippen molar-refractivity contribution in [2.45, 2.75) is 304 Å². The first-order valence-electron chi connectivity index (χ1n) is 41.5. The fourth-order valence-electron chi connectivity index (χ4n) is 8.85. The Balaban J connectivity index is -0.000000190. The van der Waals surface area contributed by atoms with Gasteiger partial charge in [-0.1, -0.05) is 135 Å². The van der Waals surface area contributed by atoms with E-state index >= 15 is 0 Å². The first-order valence-corrected chi connectivity index (χ1v) is 43.3. The van der Waals surface area contributed by atoms with Crippen LogP contribution in [0.2, 0.25) is 0 Å². The maximum Gasteiger partial charge on any atom is 0.303 e. The maximum atomic E-state index is 12.7. The number of aliphatic hydroxyl groups excluding tert-OH is 1. The minimum absolute atomic E-state index is 0. The number of nitrogens with zero attached hydrogens (tertiary/aromatic N) is 8. The van der Waals surface area contributed by atoms with Crippen molar-refractivity contribution >= 4 is 112 Å². The summed E-state index contributed by atoms with van der Waals surface area (Å²) >= 11 is 5.48. The number of aliphatic carboxylic acids is 1. The second-order valence-electron chi connectivity index (χ2n) is 37.6. The molecule has 0 spiro atoms. The molecule has 0 bridgehead atoms. The zero-order chi connectivity index (χ0) is 98.9. The molecule has 37 nitrogen and oxygen atoms in total. The predicted octanol–water partition coefficient (Wildman–Crippen LogP) is 7.10. The molecule has 0 aliphatic rings. The molecule has 126 heavy (non-hydrogen) atoms. The van der Waals surface area contributed by atoms with Gasteiger partial charge >= 0.3 is 5.97 Å². The Bertz CT molecular complexity index is 3210. The van der Waals surface area contributed by atoms with Crippen LogP contribution in [0.3, 0.4) is 0 Å². The number of amides is 6. The first kappa shape index (κ1) is 139. The van der Waals surface area contributed by atoms with Crippen LogP contribution in [0, 0.1) is 48.3 Å². The molecular formula is C85H170N20O17S2Y2-4. The number of Topliss-reactive ketones (excluding diaryl/α,β-unsaturated/α-hetero) is 2. The van der Waals surface area contributed by atoms with Crippen molar-refractivity contribution in [3.8, 4) is 0 Å². The number of carbonyl (C=O) groups is 9. The van der Waals surface area contributed by atoms with Crippen molar-refractivity contribution in [1.29, 1.82) is 0 Å². The summed E-state index contributed by atoms with van der Waals surface area (Å²) in [7, 11) is 6.98. The van der Waals surface area contributed by atoms with Crippen LogP contribution in [0.1, 0.15) is 240 Å². The monoisotopic (exact) mass is 1990 g/mol. The molecule has 734 valence electrons. The Morgan fingerprint density at radius 1 is 0.468 bits per heavy atom. The van der Waals surface area contributed by atoms with Gasteiger partial charge in [-0.3, -0.25) is 43.2 Å². The van der Waals surface area contributed by atoms with Crippen LogP contribution in [0.4, 0.5) is 0 Å². The number of aliphatic hydroxyl groups is 1. The van der Waals surface area contributed by atoms with E-state index in [-0.39, 0.29) is 167 Å². The molecule has 0 aromatic carbocycles. The topological polar surface area (TPSA) is 540 Å². The van der Waals surface area contributed by atoms with Gasteiger partial charge in [0.05, 0.1) is 100.0 Å². The van der Waals surface area contributed by atoms with Gasteiger partial charge < -0.3 is 147 Å². The molecule has 4 atom stereocenters. The maximum absolute atomic E-state index is 12.7. The molecule has 0 saturated heterocycles. The summed E-state index contributed by atoms with van der Waals surface area (Å²) < 4.78 is 0. The smallest absolute Gasteiger partial charge is 0.303 e. The molecular weight excluding hydrogens is 1820 g/mol. The third-order valence-electron chi connectivity index (χ3n) is 18.0. The van der Waals surface area contributed by atoms with Gasteiger partial charge in [-0.2, -0.15) is 24.5 Å². The molecule has 41 heteroatoms. The van der Waals surface area contributed by atoms with Crippen molar-refractivity contribution in [2.75, 3.05) is 105 Å². The van der Waals surface area contributed by atoms with E-state index in [4.69, 9.17) is 36.4 Å². The van der Waals surface area contributed by atoms with Crippen LogP contribution in [0.25, 0.3) is 0 Å². The van der Waals surface area contributed by atoms with Crippen molar-refractivity contribution < 1.29 is 150 Å². The van der Waals surface area contributed by atoms with Crippen LogP contribution >= 0.6 is 24.4 Å².